The fraction of sp³-hybridized carbons (Fsp3) is 0.381. The highest BCUT2D eigenvalue weighted by molar-refractivity contribution is 5.73. The van der Waals surface area contributed by atoms with Crippen molar-refractivity contribution in [1.82, 2.24) is 9.88 Å². The quantitative estimate of drug-likeness (QED) is 0.556. The molecule has 1 fully saturated rings. The van der Waals surface area contributed by atoms with Crippen molar-refractivity contribution in [2.75, 3.05) is 6.54 Å². The molecule has 1 aliphatic heterocycles. The average Bonchev–Trinajstić information content (AvgIpc) is 3.08. The number of hydrogen-bond donors (Lipinski definition) is 3. The maximum atomic E-state index is 10.6. The number of benzene rings is 1. The summed E-state index contributed by atoms with van der Waals surface area (Å²) in [6.45, 7) is 1.85. The van der Waals surface area contributed by atoms with Crippen LogP contribution in [-0.4, -0.2) is 68.2 Å². The number of aliphatic hydroxyl groups is 1. The van der Waals surface area contributed by atoms with Crippen molar-refractivity contribution in [1.29, 1.82) is 0 Å². The van der Waals surface area contributed by atoms with E-state index >= 15 is 0 Å². The van der Waals surface area contributed by atoms with Crippen LogP contribution < -0.4 is 0 Å². The summed E-state index contributed by atoms with van der Waals surface area (Å²) in [5.41, 5.74) is 2.55. The number of aromatic nitrogens is 1. The van der Waals surface area contributed by atoms with E-state index in [9.17, 15) is 31.4 Å². The van der Waals surface area contributed by atoms with E-state index in [1.807, 2.05) is 30.6 Å². The zero-order valence-corrected chi connectivity index (χ0v) is 17.5. The van der Waals surface area contributed by atoms with E-state index < -0.39 is 24.3 Å². The number of nitrogens with zero attached hydrogens (tertiary/aromatic N) is 2. The van der Waals surface area contributed by atoms with Crippen molar-refractivity contribution in [2.24, 2.45) is 0 Å². The molecule has 1 aromatic carbocycles. The Kier molecular flexibility index (Phi) is 10.9. The molecular weight excluding hydrogens is 474 g/mol. The van der Waals surface area contributed by atoms with Gasteiger partial charge in [0.15, 0.2) is 0 Å². The molecule has 13 heteroatoms. The Bertz CT molecular complexity index is 870. The first-order valence-corrected chi connectivity index (χ1v) is 9.67. The molecule has 0 aliphatic carbocycles. The van der Waals surface area contributed by atoms with E-state index in [0.717, 1.165) is 25.9 Å². The molecule has 2 aromatic rings. The van der Waals surface area contributed by atoms with Gasteiger partial charge in [0.2, 0.25) is 0 Å². The summed E-state index contributed by atoms with van der Waals surface area (Å²) in [6.07, 6.45) is -4.96. The summed E-state index contributed by atoms with van der Waals surface area (Å²) in [5.74, 6) is -5.51. The molecule has 7 nitrogen and oxygen atoms in total. The van der Waals surface area contributed by atoms with Gasteiger partial charge in [0.25, 0.3) is 0 Å². The number of pyridine rings is 1. The lowest BCUT2D eigenvalue weighted by molar-refractivity contribution is -0.193. The van der Waals surface area contributed by atoms with Gasteiger partial charge in [0.1, 0.15) is 0 Å². The second-order valence-corrected chi connectivity index (χ2v) is 7.04. The molecule has 3 rings (SSSR count). The molecular formula is C21H22F6N2O5. The molecule has 1 aromatic heterocycles. The van der Waals surface area contributed by atoms with Crippen LogP contribution in [0, 0.1) is 0 Å². The van der Waals surface area contributed by atoms with Crippen molar-refractivity contribution in [3.05, 3.63) is 66.0 Å². The normalized spacial score (nSPS) is 18.2. The topological polar surface area (TPSA) is 111 Å². The first kappa shape index (κ1) is 28.8. The molecule has 188 valence electrons. The second kappa shape index (κ2) is 12.9. The predicted molar refractivity (Wildman–Crippen MR) is 107 cm³/mol. The zero-order valence-electron chi connectivity index (χ0n) is 17.5. The summed E-state index contributed by atoms with van der Waals surface area (Å²) < 4.78 is 63.5. The van der Waals surface area contributed by atoms with Gasteiger partial charge in [-0.25, -0.2) is 9.59 Å². The van der Waals surface area contributed by atoms with E-state index in [1.54, 1.807) is 0 Å². The summed E-state index contributed by atoms with van der Waals surface area (Å²) >= 11 is 0. The first-order chi connectivity index (χ1) is 15.7. The molecule has 0 spiro atoms. The third-order valence-electron chi connectivity index (χ3n) is 4.53. The van der Waals surface area contributed by atoms with Crippen LogP contribution in [0.2, 0.25) is 0 Å². The SMILES string of the molecule is O=C(O)C(F)(F)F.O=C(O)C(F)(F)F.O[C@@H]1CCN(Cc2ccncc2)[C@H]1Cc1ccccc1. The Labute approximate surface area is 190 Å². The Morgan fingerprint density at radius 2 is 1.35 bits per heavy atom. The molecule has 0 radical (unpaired) electrons. The number of halogens is 6. The van der Waals surface area contributed by atoms with Crippen LogP contribution in [0.5, 0.6) is 0 Å². The fourth-order valence-electron chi connectivity index (χ4n) is 2.94. The Balaban J connectivity index is 0.000000343. The van der Waals surface area contributed by atoms with Crippen LogP contribution in [0.1, 0.15) is 17.5 Å². The van der Waals surface area contributed by atoms with Crippen LogP contribution in [0.25, 0.3) is 0 Å². The number of carboxylic acid groups (broad SMARTS) is 2. The van der Waals surface area contributed by atoms with E-state index in [0.29, 0.717) is 0 Å². The van der Waals surface area contributed by atoms with Crippen molar-refractivity contribution in [3.63, 3.8) is 0 Å². The van der Waals surface area contributed by atoms with Gasteiger partial charge in [-0.15, -0.1) is 0 Å². The number of likely N-dealkylation sites (tertiary alicyclic amines) is 1. The summed E-state index contributed by atoms with van der Waals surface area (Å²) in [6, 6.07) is 14.7. The number of alkyl halides is 6. The van der Waals surface area contributed by atoms with Gasteiger partial charge in [0.05, 0.1) is 6.10 Å². The largest absolute Gasteiger partial charge is 0.490 e. The molecule has 3 N–H and O–H groups in total. The van der Waals surface area contributed by atoms with Crippen molar-refractivity contribution < 1.29 is 51.3 Å². The lowest BCUT2D eigenvalue weighted by Gasteiger charge is -2.26. The van der Waals surface area contributed by atoms with Gasteiger partial charge >= 0.3 is 24.3 Å². The third kappa shape index (κ3) is 10.6. The van der Waals surface area contributed by atoms with E-state index in [2.05, 4.69) is 34.1 Å². The number of aliphatic carboxylic acids is 2. The minimum absolute atomic E-state index is 0.213. The molecule has 34 heavy (non-hydrogen) atoms. The third-order valence-corrected chi connectivity index (χ3v) is 4.53. The Morgan fingerprint density at radius 3 is 1.79 bits per heavy atom. The number of rotatable bonds is 4. The van der Waals surface area contributed by atoms with Crippen LogP contribution in [-0.2, 0) is 22.6 Å². The number of hydrogen-bond acceptors (Lipinski definition) is 5. The number of aliphatic hydroxyl groups excluding tert-OH is 1. The van der Waals surface area contributed by atoms with Gasteiger partial charge in [0, 0.05) is 31.5 Å². The molecule has 0 unspecified atom stereocenters. The lowest BCUT2D eigenvalue weighted by atomic mass is 10.0. The standard InChI is InChI=1S/C17H20N2O.2C2HF3O2/c20-17-8-11-19(13-15-6-9-18-10-7-15)16(17)12-14-4-2-1-3-5-14;2*3-2(4,5)1(6)7/h1-7,9-10,16-17,20H,8,11-13H2;2*(H,6,7)/t16-,17+;;/m0../s1. The van der Waals surface area contributed by atoms with Crippen LogP contribution in [0.4, 0.5) is 26.3 Å². The maximum Gasteiger partial charge on any atom is 0.490 e. The van der Waals surface area contributed by atoms with Crippen molar-refractivity contribution in [3.8, 4) is 0 Å². The molecule has 0 amide bonds. The van der Waals surface area contributed by atoms with Gasteiger partial charge in [-0.1, -0.05) is 30.3 Å². The maximum absolute atomic E-state index is 10.6. The van der Waals surface area contributed by atoms with Crippen molar-refractivity contribution in [2.45, 2.75) is 43.9 Å². The molecule has 0 bridgehead atoms. The van der Waals surface area contributed by atoms with Crippen molar-refractivity contribution >= 4 is 11.9 Å². The lowest BCUT2D eigenvalue weighted by Crippen LogP contribution is -2.36. The number of carbonyl (C=O) groups is 2. The van der Waals surface area contributed by atoms with E-state index in [4.69, 9.17) is 19.8 Å². The first-order valence-electron chi connectivity index (χ1n) is 9.67. The second-order valence-electron chi connectivity index (χ2n) is 7.04. The van der Waals surface area contributed by atoms with Gasteiger partial charge in [-0.3, -0.25) is 9.88 Å². The summed E-state index contributed by atoms with van der Waals surface area (Å²) in [4.78, 5) is 24.2. The molecule has 0 saturated carbocycles. The van der Waals surface area contributed by atoms with Crippen LogP contribution >= 0.6 is 0 Å². The Morgan fingerprint density at radius 1 is 0.882 bits per heavy atom. The molecule has 2 heterocycles. The highest BCUT2D eigenvalue weighted by atomic mass is 19.4. The van der Waals surface area contributed by atoms with E-state index in [1.165, 1.54) is 11.1 Å². The highest BCUT2D eigenvalue weighted by Gasteiger charge is 2.39. The van der Waals surface area contributed by atoms with Gasteiger partial charge < -0.3 is 15.3 Å². The molecule has 2 atom stereocenters. The van der Waals surface area contributed by atoms with Crippen LogP contribution in [0.15, 0.2) is 54.9 Å². The van der Waals surface area contributed by atoms with Gasteiger partial charge in [-0.2, -0.15) is 26.3 Å². The van der Waals surface area contributed by atoms with Crippen LogP contribution in [0.3, 0.4) is 0 Å². The smallest absolute Gasteiger partial charge is 0.475 e. The molecule has 1 saturated heterocycles. The monoisotopic (exact) mass is 496 g/mol. The molecule has 1 aliphatic rings. The number of carboxylic acids is 2. The Hall–Kier alpha value is -3.19. The zero-order chi connectivity index (χ0) is 25.9. The minimum Gasteiger partial charge on any atom is -0.475 e. The summed E-state index contributed by atoms with van der Waals surface area (Å²) in [5, 5.41) is 24.5. The van der Waals surface area contributed by atoms with E-state index in [-0.39, 0.29) is 12.1 Å². The summed E-state index contributed by atoms with van der Waals surface area (Å²) in [7, 11) is 0. The average molecular weight is 496 g/mol. The predicted octanol–water partition coefficient (Wildman–Crippen LogP) is 3.53. The minimum atomic E-state index is -5.08. The highest BCUT2D eigenvalue weighted by Crippen LogP contribution is 2.23. The fourth-order valence-corrected chi connectivity index (χ4v) is 2.94. The van der Waals surface area contributed by atoms with Gasteiger partial charge in [-0.05, 0) is 36.1 Å².